The van der Waals surface area contributed by atoms with E-state index < -0.39 is 0 Å². The quantitative estimate of drug-likeness (QED) is 0.620. The molecule has 0 aliphatic rings. The van der Waals surface area contributed by atoms with Gasteiger partial charge in [0, 0.05) is 20.8 Å². The third-order valence-electron chi connectivity index (χ3n) is 3.29. The Morgan fingerprint density at radius 2 is 1.91 bits per heavy atom. The summed E-state index contributed by atoms with van der Waals surface area (Å²) in [4.78, 5) is 19.4. The van der Waals surface area contributed by atoms with Gasteiger partial charge < -0.3 is 10.3 Å². The monoisotopic (exact) mass is 433 g/mol. The lowest BCUT2D eigenvalue weighted by Gasteiger charge is -2.03. The van der Waals surface area contributed by atoms with Gasteiger partial charge in [0.1, 0.15) is 5.82 Å². The van der Waals surface area contributed by atoms with Crippen molar-refractivity contribution >= 4 is 54.5 Å². The largest absolute Gasteiger partial charge is 0.362 e. The maximum atomic E-state index is 12.2. The standard InChI is InChI=1S/C17H13Br2N3O/c1-10-2-4-12(5-3-10)20-7-6-15-21-16-13(17(23)22-15)8-11(18)9-14(16)19/h2-9,20H,1H3,(H,21,22,23)/b7-6+. The van der Waals surface area contributed by atoms with Gasteiger partial charge in [0.15, 0.2) is 0 Å². The minimum Gasteiger partial charge on any atom is -0.362 e. The Morgan fingerprint density at radius 1 is 1.17 bits per heavy atom. The number of H-pyrrole nitrogens is 1. The van der Waals surface area contributed by atoms with Crippen LogP contribution in [0.5, 0.6) is 0 Å². The molecule has 23 heavy (non-hydrogen) atoms. The Balaban J connectivity index is 1.90. The average Bonchev–Trinajstić information content (AvgIpc) is 2.50. The molecule has 1 heterocycles. The molecule has 6 heteroatoms. The minimum absolute atomic E-state index is 0.174. The second-order valence-corrected chi connectivity index (χ2v) is 6.85. The molecule has 2 aromatic carbocycles. The zero-order valence-electron chi connectivity index (χ0n) is 12.2. The van der Waals surface area contributed by atoms with Crippen LogP contribution >= 0.6 is 31.9 Å². The van der Waals surface area contributed by atoms with E-state index in [1.807, 2.05) is 37.3 Å². The molecule has 3 rings (SSSR count). The predicted molar refractivity (Wildman–Crippen MR) is 102 cm³/mol. The maximum absolute atomic E-state index is 12.2. The first kappa shape index (κ1) is 16.0. The molecular weight excluding hydrogens is 422 g/mol. The van der Waals surface area contributed by atoms with Gasteiger partial charge in [-0.15, -0.1) is 0 Å². The molecule has 0 spiro atoms. The molecule has 0 atom stereocenters. The molecule has 1 aromatic heterocycles. The van der Waals surface area contributed by atoms with Gasteiger partial charge in [0.25, 0.3) is 5.56 Å². The van der Waals surface area contributed by atoms with Crippen molar-refractivity contribution in [1.82, 2.24) is 9.97 Å². The Hall–Kier alpha value is -1.92. The number of rotatable bonds is 3. The maximum Gasteiger partial charge on any atom is 0.259 e. The summed E-state index contributed by atoms with van der Waals surface area (Å²) in [7, 11) is 0. The first-order chi connectivity index (χ1) is 11.0. The highest BCUT2D eigenvalue weighted by atomic mass is 79.9. The van der Waals surface area contributed by atoms with Crippen molar-refractivity contribution in [2.24, 2.45) is 0 Å². The highest BCUT2D eigenvalue weighted by molar-refractivity contribution is 9.11. The SMILES string of the molecule is Cc1ccc(N/C=C/c2nc3c(Br)cc(Br)cc3c(=O)[nH]2)cc1. The average molecular weight is 435 g/mol. The molecule has 0 aliphatic heterocycles. The molecule has 0 radical (unpaired) electrons. The summed E-state index contributed by atoms with van der Waals surface area (Å²) in [5.41, 5.74) is 2.63. The Morgan fingerprint density at radius 3 is 2.65 bits per heavy atom. The van der Waals surface area contributed by atoms with E-state index >= 15 is 0 Å². The van der Waals surface area contributed by atoms with Crippen LogP contribution in [-0.2, 0) is 0 Å². The topological polar surface area (TPSA) is 57.8 Å². The Kier molecular flexibility index (Phi) is 4.63. The molecule has 0 bridgehead atoms. The fourth-order valence-electron chi connectivity index (χ4n) is 2.13. The van der Waals surface area contributed by atoms with Crippen LogP contribution in [0.3, 0.4) is 0 Å². The van der Waals surface area contributed by atoms with Crippen molar-refractivity contribution < 1.29 is 0 Å². The summed E-state index contributed by atoms with van der Waals surface area (Å²) < 4.78 is 1.60. The number of halogens is 2. The Labute approximate surface area is 149 Å². The van der Waals surface area contributed by atoms with E-state index in [4.69, 9.17) is 0 Å². The van der Waals surface area contributed by atoms with Gasteiger partial charge in [0.2, 0.25) is 0 Å². The first-order valence-corrected chi connectivity index (χ1v) is 8.50. The molecule has 0 fully saturated rings. The van der Waals surface area contributed by atoms with Crippen LogP contribution < -0.4 is 10.9 Å². The summed E-state index contributed by atoms with van der Waals surface area (Å²) in [6, 6.07) is 11.7. The van der Waals surface area contributed by atoms with Gasteiger partial charge in [-0.25, -0.2) is 4.98 Å². The van der Waals surface area contributed by atoms with E-state index in [-0.39, 0.29) is 5.56 Å². The van der Waals surface area contributed by atoms with Crippen LogP contribution in [0, 0.1) is 6.92 Å². The van der Waals surface area contributed by atoms with E-state index in [2.05, 4.69) is 47.1 Å². The number of nitrogens with zero attached hydrogens (tertiary/aromatic N) is 1. The fourth-order valence-corrected chi connectivity index (χ4v) is 3.44. The fraction of sp³-hybridized carbons (Fsp3) is 0.0588. The highest BCUT2D eigenvalue weighted by Crippen LogP contribution is 2.25. The zero-order valence-corrected chi connectivity index (χ0v) is 15.4. The van der Waals surface area contributed by atoms with Gasteiger partial charge in [-0.05, 0) is 53.2 Å². The number of hydrogen-bond donors (Lipinski definition) is 2. The normalized spacial score (nSPS) is 11.3. The molecular formula is C17H13Br2N3O. The smallest absolute Gasteiger partial charge is 0.259 e. The number of anilines is 1. The van der Waals surface area contributed by atoms with Gasteiger partial charge in [-0.3, -0.25) is 4.79 Å². The van der Waals surface area contributed by atoms with Crippen LogP contribution in [0.2, 0.25) is 0 Å². The summed E-state index contributed by atoms with van der Waals surface area (Å²) >= 11 is 6.82. The van der Waals surface area contributed by atoms with Crippen molar-refractivity contribution in [2.75, 3.05) is 5.32 Å². The van der Waals surface area contributed by atoms with Gasteiger partial charge in [-0.2, -0.15) is 0 Å². The van der Waals surface area contributed by atoms with Crippen LogP contribution in [0.1, 0.15) is 11.4 Å². The van der Waals surface area contributed by atoms with Crippen molar-refractivity contribution in [2.45, 2.75) is 6.92 Å². The first-order valence-electron chi connectivity index (χ1n) is 6.92. The summed E-state index contributed by atoms with van der Waals surface area (Å²) in [6.45, 7) is 2.04. The van der Waals surface area contributed by atoms with E-state index in [1.165, 1.54) is 5.56 Å². The predicted octanol–water partition coefficient (Wildman–Crippen LogP) is 4.84. The zero-order chi connectivity index (χ0) is 16.4. The molecule has 0 saturated heterocycles. The van der Waals surface area contributed by atoms with Crippen LogP contribution in [0.15, 0.2) is 56.3 Å². The second kappa shape index (κ2) is 6.68. The van der Waals surface area contributed by atoms with Crippen LogP contribution in [0.25, 0.3) is 17.0 Å². The lowest BCUT2D eigenvalue weighted by atomic mass is 10.2. The van der Waals surface area contributed by atoms with Crippen molar-refractivity contribution in [3.8, 4) is 0 Å². The second-order valence-electron chi connectivity index (χ2n) is 5.08. The van der Waals surface area contributed by atoms with E-state index in [1.54, 1.807) is 18.3 Å². The van der Waals surface area contributed by atoms with Crippen LogP contribution in [0.4, 0.5) is 5.69 Å². The van der Waals surface area contributed by atoms with E-state index in [0.29, 0.717) is 16.7 Å². The number of aryl methyl sites for hydroxylation is 1. The number of nitrogens with one attached hydrogen (secondary N) is 2. The Bertz CT molecular complexity index is 946. The summed E-state index contributed by atoms with van der Waals surface area (Å²) in [5, 5.41) is 3.69. The summed E-state index contributed by atoms with van der Waals surface area (Å²) in [5.74, 6) is 0.491. The number of fused-ring (bicyclic) bond motifs is 1. The minimum atomic E-state index is -0.174. The van der Waals surface area contributed by atoms with Crippen molar-refractivity contribution in [3.63, 3.8) is 0 Å². The number of aromatic nitrogens is 2. The van der Waals surface area contributed by atoms with Crippen molar-refractivity contribution in [3.05, 3.63) is 73.3 Å². The van der Waals surface area contributed by atoms with Crippen LogP contribution in [-0.4, -0.2) is 9.97 Å². The molecule has 116 valence electrons. The molecule has 0 aliphatic carbocycles. The third-order valence-corrected chi connectivity index (χ3v) is 4.35. The van der Waals surface area contributed by atoms with E-state index in [9.17, 15) is 4.79 Å². The molecule has 4 nitrogen and oxygen atoms in total. The van der Waals surface area contributed by atoms with E-state index in [0.717, 1.165) is 14.6 Å². The molecule has 0 unspecified atom stereocenters. The molecule has 0 amide bonds. The third kappa shape index (κ3) is 3.71. The number of benzene rings is 2. The number of aromatic amines is 1. The van der Waals surface area contributed by atoms with Crippen molar-refractivity contribution in [1.29, 1.82) is 0 Å². The number of hydrogen-bond acceptors (Lipinski definition) is 3. The van der Waals surface area contributed by atoms with Gasteiger partial charge in [-0.1, -0.05) is 33.6 Å². The summed E-state index contributed by atoms with van der Waals surface area (Å²) in [6.07, 6.45) is 3.48. The molecule has 0 saturated carbocycles. The molecule has 2 N–H and O–H groups in total. The molecule has 3 aromatic rings. The van der Waals surface area contributed by atoms with Gasteiger partial charge >= 0.3 is 0 Å². The lowest BCUT2D eigenvalue weighted by molar-refractivity contribution is 1.13. The lowest BCUT2D eigenvalue weighted by Crippen LogP contribution is -2.10. The highest BCUT2D eigenvalue weighted by Gasteiger charge is 2.07. The van der Waals surface area contributed by atoms with Gasteiger partial charge in [0.05, 0.1) is 10.9 Å².